The van der Waals surface area contributed by atoms with Gasteiger partial charge in [0.15, 0.2) is 0 Å². The lowest BCUT2D eigenvalue weighted by molar-refractivity contribution is -0.127. The second-order valence-electron chi connectivity index (χ2n) is 6.75. The summed E-state index contributed by atoms with van der Waals surface area (Å²) in [6.45, 7) is 2.45. The van der Waals surface area contributed by atoms with Crippen molar-refractivity contribution in [3.8, 4) is 0 Å². The van der Waals surface area contributed by atoms with Crippen molar-refractivity contribution in [3.63, 3.8) is 0 Å². The smallest absolute Gasteiger partial charge is 0.227 e. The summed E-state index contributed by atoms with van der Waals surface area (Å²) in [6.07, 6.45) is 3.15. The molecule has 2 fully saturated rings. The summed E-state index contributed by atoms with van der Waals surface area (Å²) in [5.74, 6) is -0.307. The van der Waals surface area contributed by atoms with E-state index in [9.17, 15) is 14.7 Å². The van der Waals surface area contributed by atoms with Gasteiger partial charge in [-0.1, -0.05) is 17.7 Å². The quantitative estimate of drug-likeness (QED) is 0.893. The summed E-state index contributed by atoms with van der Waals surface area (Å²) in [5.41, 5.74) is 2.01. The zero-order valence-corrected chi connectivity index (χ0v) is 13.5. The van der Waals surface area contributed by atoms with Crippen molar-refractivity contribution >= 4 is 17.5 Å². The van der Waals surface area contributed by atoms with Gasteiger partial charge in [-0.25, -0.2) is 0 Å². The minimum Gasteiger partial charge on any atom is -0.393 e. The number of carbonyl (C=O) groups excluding carboxylic acids is 2. The van der Waals surface area contributed by atoms with Gasteiger partial charge in [0.2, 0.25) is 11.8 Å². The molecule has 1 aliphatic heterocycles. The van der Waals surface area contributed by atoms with Crippen LogP contribution in [0.1, 0.15) is 37.7 Å². The molecule has 23 heavy (non-hydrogen) atoms. The molecule has 124 valence electrons. The monoisotopic (exact) mass is 316 g/mol. The molecule has 1 atom stereocenters. The first-order chi connectivity index (χ1) is 11.0. The predicted molar refractivity (Wildman–Crippen MR) is 88.0 cm³/mol. The summed E-state index contributed by atoms with van der Waals surface area (Å²) in [5, 5.41) is 12.6. The van der Waals surface area contributed by atoms with Crippen LogP contribution in [0.2, 0.25) is 0 Å². The molecule has 1 aromatic rings. The fraction of sp³-hybridized carbons (Fsp3) is 0.556. The summed E-state index contributed by atoms with van der Waals surface area (Å²) in [7, 11) is 0. The van der Waals surface area contributed by atoms with Crippen LogP contribution in [0, 0.1) is 12.8 Å². The third-order valence-corrected chi connectivity index (χ3v) is 4.88. The van der Waals surface area contributed by atoms with Crippen molar-refractivity contribution in [1.29, 1.82) is 0 Å². The second-order valence-corrected chi connectivity index (χ2v) is 6.75. The van der Waals surface area contributed by atoms with E-state index in [2.05, 4.69) is 5.32 Å². The standard InChI is InChI=1S/C18H24N2O3/c1-12-2-6-15(7-3-12)20-11-13(10-17(20)22)18(23)19-14-4-8-16(21)9-5-14/h2-3,6-7,13-14,16,21H,4-5,8-11H2,1H3,(H,19,23). The maximum absolute atomic E-state index is 12.4. The molecule has 5 nitrogen and oxygen atoms in total. The van der Waals surface area contributed by atoms with E-state index in [1.165, 1.54) is 0 Å². The molecule has 1 saturated heterocycles. The van der Waals surface area contributed by atoms with Crippen molar-refractivity contribution in [2.75, 3.05) is 11.4 Å². The number of hydrogen-bond donors (Lipinski definition) is 2. The Labute approximate surface area is 136 Å². The Kier molecular flexibility index (Phi) is 4.66. The Bertz CT molecular complexity index is 576. The number of aryl methyl sites for hydroxylation is 1. The largest absolute Gasteiger partial charge is 0.393 e. The van der Waals surface area contributed by atoms with Crippen LogP contribution < -0.4 is 10.2 Å². The Balaban J connectivity index is 1.58. The van der Waals surface area contributed by atoms with Gasteiger partial charge in [-0.05, 0) is 44.7 Å². The van der Waals surface area contributed by atoms with E-state index in [1.807, 2.05) is 31.2 Å². The molecule has 2 amide bonds. The molecule has 0 spiro atoms. The number of aliphatic hydroxyl groups is 1. The molecule has 1 unspecified atom stereocenters. The average molecular weight is 316 g/mol. The van der Waals surface area contributed by atoms with E-state index in [0.29, 0.717) is 6.54 Å². The Morgan fingerprint density at radius 3 is 2.48 bits per heavy atom. The van der Waals surface area contributed by atoms with E-state index in [4.69, 9.17) is 0 Å². The zero-order chi connectivity index (χ0) is 16.4. The van der Waals surface area contributed by atoms with Gasteiger partial charge in [-0.2, -0.15) is 0 Å². The number of nitrogens with zero attached hydrogens (tertiary/aromatic N) is 1. The van der Waals surface area contributed by atoms with Gasteiger partial charge < -0.3 is 15.3 Å². The number of hydrogen-bond acceptors (Lipinski definition) is 3. The highest BCUT2D eigenvalue weighted by Gasteiger charge is 2.36. The molecule has 0 aromatic heterocycles. The van der Waals surface area contributed by atoms with Gasteiger partial charge in [-0.3, -0.25) is 9.59 Å². The molecule has 3 rings (SSSR count). The average Bonchev–Trinajstić information content (AvgIpc) is 2.92. The molecular weight excluding hydrogens is 292 g/mol. The number of carbonyl (C=O) groups is 2. The number of nitrogens with one attached hydrogen (secondary N) is 1. The summed E-state index contributed by atoms with van der Waals surface area (Å²) >= 11 is 0. The van der Waals surface area contributed by atoms with Gasteiger partial charge >= 0.3 is 0 Å². The molecule has 1 aromatic carbocycles. The van der Waals surface area contributed by atoms with E-state index in [-0.39, 0.29) is 36.3 Å². The van der Waals surface area contributed by atoms with Gasteiger partial charge in [0, 0.05) is 24.7 Å². The van der Waals surface area contributed by atoms with Crippen LogP contribution in [-0.4, -0.2) is 35.6 Å². The van der Waals surface area contributed by atoms with Crippen LogP contribution in [0.15, 0.2) is 24.3 Å². The van der Waals surface area contributed by atoms with Crippen LogP contribution in [0.3, 0.4) is 0 Å². The molecule has 1 heterocycles. The van der Waals surface area contributed by atoms with Crippen LogP contribution in [0.25, 0.3) is 0 Å². The Morgan fingerprint density at radius 2 is 1.83 bits per heavy atom. The first-order valence-electron chi connectivity index (χ1n) is 8.38. The molecule has 1 aliphatic carbocycles. The molecule has 0 radical (unpaired) electrons. The lowest BCUT2D eigenvalue weighted by atomic mass is 9.92. The van der Waals surface area contributed by atoms with Crippen molar-refractivity contribution in [1.82, 2.24) is 5.32 Å². The summed E-state index contributed by atoms with van der Waals surface area (Å²) < 4.78 is 0. The fourth-order valence-corrected chi connectivity index (χ4v) is 3.40. The van der Waals surface area contributed by atoms with Crippen LogP contribution in [0.5, 0.6) is 0 Å². The molecule has 1 saturated carbocycles. The molecule has 5 heteroatoms. The molecular formula is C18H24N2O3. The van der Waals surface area contributed by atoms with E-state index in [0.717, 1.165) is 36.9 Å². The normalized spacial score (nSPS) is 28.0. The van der Waals surface area contributed by atoms with Crippen LogP contribution in [0.4, 0.5) is 5.69 Å². The first-order valence-corrected chi connectivity index (χ1v) is 8.38. The van der Waals surface area contributed by atoms with Gasteiger partial charge in [0.05, 0.1) is 12.0 Å². The summed E-state index contributed by atoms with van der Waals surface area (Å²) in [6, 6.07) is 7.94. The van der Waals surface area contributed by atoms with Gasteiger partial charge in [0.1, 0.15) is 0 Å². The second kappa shape index (κ2) is 6.71. The fourth-order valence-electron chi connectivity index (χ4n) is 3.40. The number of anilines is 1. The van der Waals surface area contributed by atoms with E-state index < -0.39 is 0 Å². The SMILES string of the molecule is Cc1ccc(N2CC(C(=O)NC3CCC(O)CC3)CC2=O)cc1. The number of benzene rings is 1. The van der Waals surface area contributed by atoms with E-state index in [1.54, 1.807) is 4.90 Å². The predicted octanol–water partition coefficient (Wildman–Crippen LogP) is 1.77. The minimum absolute atomic E-state index is 0.00747. The number of aliphatic hydroxyl groups excluding tert-OH is 1. The van der Waals surface area contributed by atoms with Crippen molar-refractivity contribution in [2.45, 2.75) is 51.2 Å². The topological polar surface area (TPSA) is 69.6 Å². The highest BCUT2D eigenvalue weighted by atomic mass is 16.3. The highest BCUT2D eigenvalue weighted by Crippen LogP contribution is 2.26. The molecule has 2 N–H and O–H groups in total. The Hall–Kier alpha value is -1.88. The van der Waals surface area contributed by atoms with Crippen LogP contribution >= 0.6 is 0 Å². The van der Waals surface area contributed by atoms with Gasteiger partial charge in [-0.15, -0.1) is 0 Å². The van der Waals surface area contributed by atoms with Crippen molar-refractivity contribution in [2.24, 2.45) is 5.92 Å². The maximum Gasteiger partial charge on any atom is 0.227 e. The number of amides is 2. The lowest BCUT2D eigenvalue weighted by Crippen LogP contribution is -2.42. The lowest BCUT2D eigenvalue weighted by Gasteiger charge is -2.27. The van der Waals surface area contributed by atoms with Crippen molar-refractivity contribution < 1.29 is 14.7 Å². The summed E-state index contributed by atoms with van der Waals surface area (Å²) in [4.78, 5) is 26.3. The van der Waals surface area contributed by atoms with Crippen LogP contribution in [-0.2, 0) is 9.59 Å². The highest BCUT2D eigenvalue weighted by molar-refractivity contribution is 6.00. The third-order valence-electron chi connectivity index (χ3n) is 4.88. The minimum atomic E-state index is -0.282. The van der Waals surface area contributed by atoms with E-state index >= 15 is 0 Å². The number of rotatable bonds is 3. The molecule has 2 aliphatic rings. The zero-order valence-electron chi connectivity index (χ0n) is 13.5. The molecule has 0 bridgehead atoms. The first kappa shape index (κ1) is 16.0. The Morgan fingerprint density at radius 1 is 1.17 bits per heavy atom. The third kappa shape index (κ3) is 3.72. The maximum atomic E-state index is 12.4. The van der Waals surface area contributed by atoms with Gasteiger partial charge in [0.25, 0.3) is 0 Å². The van der Waals surface area contributed by atoms with Crippen molar-refractivity contribution in [3.05, 3.63) is 29.8 Å².